The van der Waals surface area contributed by atoms with E-state index in [9.17, 15) is 4.79 Å². The van der Waals surface area contributed by atoms with Gasteiger partial charge in [-0.15, -0.1) is 38.5 Å². The maximum Gasteiger partial charge on any atom is 0.366 e. The Labute approximate surface area is 264 Å². The number of benzene rings is 1. The summed E-state index contributed by atoms with van der Waals surface area (Å²) in [6.45, 7) is 8.75. The summed E-state index contributed by atoms with van der Waals surface area (Å²) in [4.78, 5) is 15.3. The van der Waals surface area contributed by atoms with E-state index in [-0.39, 0.29) is 0 Å². The lowest BCUT2D eigenvalue weighted by molar-refractivity contribution is -0.636. The number of nitrogens with zero attached hydrogens (tertiary/aromatic N) is 1. The second-order valence-corrected chi connectivity index (χ2v) is 10.5. The van der Waals surface area contributed by atoms with Crippen molar-refractivity contribution in [1.29, 1.82) is 0 Å². The van der Waals surface area contributed by atoms with Crippen LogP contribution in [-0.2, 0) is 11.2 Å². The first-order valence-electron chi connectivity index (χ1n) is 15.8. The first kappa shape index (κ1) is 41.4. The predicted molar refractivity (Wildman–Crippen MR) is 183 cm³/mol. The summed E-state index contributed by atoms with van der Waals surface area (Å²) >= 11 is 0. The van der Waals surface area contributed by atoms with E-state index in [0.717, 1.165) is 37.7 Å². The molecule has 2 aromatic rings. The number of methoxy groups -OCH3 is 1. The minimum absolute atomic E-state index is 0.726. The number of ether oxygens (including phenoxy) is 1. The number of rotatable bonds is 5. The van der Waals surface area contributed by atoms with Crippen LogP contribution in [0.4, 0.5) is 0 Å². The van der Waals surface area contributed by atoms with Crippen LogP contribution >= 0.6 is 0 Å². The molecule has 236 valence electrons. The number of nitrogens with one attached hydrogen (secondary N) is 1. The summed E-state index contributed by atoms with van der Waals surface area (Å²) < 4.78 is 5.26. The Bertz CT molecular complexity index is 926. The van der Waals surface area contributed by atoms with Crippen molar-refractivity contribution in [3.05, 3.63) is 59.3 Å². The molecule has 3 N–H and O–H groups in total. The molecule has 1 amide bonds. The van der Waals surface area contributed by atoms with E-state index in [2.05, 4.69) is 80.9 Å². The molecule has 5 rings (SSSR count). The smallest absolute Gasteiger partial charge is 0.366 e. The summed E-state index contributed by atoms with van der Waals surface area (Å²) in [6, 6.07) is 14.6. The van der Waals surface area contributed by atoms with Gasteiger partial charge in [0.05, 0.1) is 26.3 Å². The zero-order chi connectivity index (χ0) is 32.6. The minimum Gasteiger partial charge on any atom is -0.448 e. The molecule has 3 fully saturated rings. The second kappa shape index (κ2) is 31.2. The van der Waals surface area contributed by atoms with Crippen molar-refractivity contribution in [1.82, 2.24) is 4.90 Å². The van der Waals surface area contributed by atoms with Crippen LogP contribution in [0, 0.1) is 45.5 Å². The van der Waals surface area contributed by atoms with Crippen LogP contribution < -0.4 is 15.0 Å². The van der Waals surface area contributed by atoms with E-state index in [0.29, 0.717) is 0 Å². The highest BCUT2D eigenvalue weighted by atomic mass is 16.5. The highest BCUT2D eigenvalue weighted by Crippen LogP contribution is 2.23. The van der Waals surface area contributed by atoms with Gasteiger partial charge in [-0.1, -0.05) is 81.3 Å². The van der Waals surface area contributed by atoms with Crippen LogP contribution in [0.25, 0.3) is 0 Å². The Balaban J connectivity index is 0. The average Bonchev–Trinajstić information content (AvgIpc) is 3.65. The quantitative estimate of drug-likeness (QED) is 0.332. The minimum atomic E-state index is 0.726. The summed E-state index contributed by atoms with van der Waals surface area (Å²) in [5, 5.41) is 2.41. The zero-order valence-electron chi connectivity index (χ0n) is 27.3. The van der Waals surface area contributed by atoms with Gasteiger partial charge >= 0.3 is 5.88 Å². The van der Waals surface area contributed by atoms with Crippen molar-refractivity contribution in [3.8, 4) is 44.4 Å². The molecule has 2 saturated heterocycles. The number of quaternary nitrogens is 1. The Hall–Kier alpha value is -3.72. The fraction of sp³-hybridized carbons (Fsp3) is 0.526. The summed E-state index contributed by atoms with van der Waals surface area (Å²) in [5.41, 5.74) is 4.18. The van der Waals surface area contributed by atoms with Crippen molar-refractivity contribution in [3.63, 3.8) is 0 Å². The Morgan fingerprint density at radius 1 is 0.860 bits per heavy atom. The van der Waals surface area contributed by atoms with Gasteiger partial charge in [-0.2, -0.15) is 4.98 Å². The van der Waals surface area contributed by atoms with Crippen molar-refractivity contribution >= 4 is 6.41 Å². The van der Waals surface area contributed by atoms with Crippen LogP contribution in [0.2, 0.25) is 0 Å². The highest BCUT2D eigenvalue weighted by Gasteiger charge is 2.26. The van der Waals surface area contributed by atoms with Crippen molar-refractivity contribution in [2.75, 3.05) is 33.3 Å². The van der Waals surface area contributed by atoms with Crippen molar-refractivity contribution in [2.45, 2.75) is 96.8 Å². The number of carbonyl (C=O) groups is 1. The molecule has 2 aliphatic heterocycles. The van der Waals surface area contributed by atoms with Crippen molar-refractivity contribution < 1.29 is 19.8 Å². The molecule has 0 spiro atoms. The van der Waals surface area contributed by atoms with Crippen LogP contribution in [0.3, 0.4) is 0 Å². The maximum absolute atomic E-state index is 10.1. The van der Waals surface area contributed by atoms with E-state index in [1.807, 2.05) is 29.2 Å². The van der Waals surface area contributed by atoms with Gasteiger partial charge in [0.15, 0.2) is 5.69 Å². The van der Waals surface area contributed by atoms with Crippen LogP contribution in [0.5, 0.6) is 5.88 Å². The molecule has 0 bridgehead atoms. The Morgan fingerprint density at radius 2 is 1.40 bits per heavy atom. The lowest BCUT2D eigenvalue weighted by atomic mass is 9.95. The fourth-order valence-corrected chi connectivity index (χ4v) is 5.14. The van der Waals surface area contributed by atoms with E-state index in [1.54, 1.807) is 7.11 Å². The summed E-state index contributed by atoms with van der Waals surface area (Å²) in [6.07, 6.45) is 41.2. The van der Waals surface area contributed by atoms with Gasteiger partial charge in [0.2, 0.25) is 6.41 Å². The molecule has 1 aromatic carbocycles. The molecular formula is C38H59N3O2+2. The number of hydrogen-bond acceptors (Lipinski definition) is 2. The number of hydrogen-bond donors (Lipinski definition) is 1. The molecule has 5 nitrogen and oxygen atoms in total. The highest BCUT2D eigenvalue weighted by molar-refractivity contribution is 5.46. The number of amides is 1. The maximum atomic E-state index is 10.1. The third-order valence-electron chi connectivity index (χ3n) is 7.35. The number of aromatic nitrogens is 1. The Morgan fingerprint density at radius 3 is 1.77 bits per heavy atom. The van der Waals surface area contributed by atoms with Gasteiger partial charge in [-0.3, -0.25) is 4.79 Å². The van der Waals surface area contributed by atoms with Gasteiger partial charge in [-0.05, 0) is 38.7 Å². The third kappa shape index (κ3) is 20.7. The van der Waals surface area contributed by atoms with Gasteiger partial charge in [0, 0.05) is 37.4 Å². The number of H-pyrrole nitrogens is 1. The van der Waals surface area contributed by atoms with E-state index in [1.165, 1.54) is 101 Å². The molecule has 1 saturated carbocycles. The molecule has 1 aliphatic carbocycles. The average molecular weight is 590 g/mol. The van der Waals surface area contributed by atoms with Crippen LogP contribution in [-0.4, -0.2) is 44.6 Å². The molecule has 3 heterocycles. The monoisotopic (exact) mass is 589 g/mol. The number of aryl methyl sites for hydroxylation is 2. The summed E-state index contributed by atoms with van der Waals surface area (Å²) in [5.74, 6) is 1.60. The molecule has 3 aliphatic rings. The van der Waals surface area contributed by atoms with Gasteiger partial charge in [0.25, 0.3) is 0 Å². The van der Waals surface area contributed by atoms with E-state index >= 15 is 0 Å². The largest absolute Gasteiger partial charge is 0.448 e. The van der Waals surface area contributed by atoms with Crippen LogP contribution in [0.15, 0.2) is 42.5 Å². The molecule has 0 unspecified atom stereocenters. The number of pyridine rings is 1. The topological polar surface area (TPSA) is 60.3 Å². The number of likely N-dealkylation sites (tertiary alicyclic amines) is 1. The lowest BCUT2D eigenvalue weighted by Gasteiger charge is -2.21. The second-order valence-electron chi connectivity index (χ2n) is 10.5. The van der Waals surface area contributed by atoms with Gasteiger partial charge in [-0.25, -0.2) is 0 Å². The first-order chi connectivity index (χ1) is 21.2. The van der Waals surface area contributed by atoms with Crippen molar-refractivity contribution in [2.24, 2.45) is 0 Å². The Kier molecular flexibility index (Phi) is 30.1. The standard InChI is InChI=1S/C13H20N2O.C7H8.C6H11NO.C6H12.3C2H2/c1-3-4-12-11(10-7-8-14-9-10)5-6-13(15-12)16-2;1-7-5-3-2-4-6-7;8-6-7-4-2-1-3-5-7;1-2-4-6-5-3-1;3*1-2/h5-6,10,14H,3-4,7-9H2,1-2H3;2-6H,1H3;6H,1-5H2;1-6H2;3*1-2H/p+2/t10-;;;;;;/m0....../s1. The number of nitrogens with two attached hydrogens (primary N) is 1. The number of aromatic amines is 1. The molecular weight excluding hydrogens is 530 g/mol. The van der Waals surface area contributed by atoms with Crippen LogP contribution in [0.1, 0.15) is 100 Å². The number of piperidine rings is 1. The normalized spacial score (nSPS) is 16.2. The number of terminal acetylenes is 3. The SMILES string of the molecule is C#C.C#C.C#C.C1CCCCC1.CCCc1[nH+]c(OC)ccc1[C@H]1CC[NH2+]C1.Cc1ccccc1.O=CN1CCCCC1. The molecule has 1 atom stereocenters. The first-order valence-corrected chi connectivity index (χ1v) is 15.8. The van der Waals surface area contributed by atoms with E-state index < -0.39 is 0 Å². The molecule has 43 heavy (non-hydrogen) atoms. The van der Waals surface area contributed by atoms with Gasteiger partial charge < -0.3 is 15.0 Å². The van der Waals surface area contributed by atoms with E-state index in [4.69, 9.17) is 4.74 Å². The zero-order valence-corrected chi connectivity index (χ0v) is 27.3. The predicted octanol–water partition coefficient (Wildman–Crippen LogP) is 6.23. The fourth-order valence-electron chi connectivity index (χ4n) is 5.14. The lowest BCUT2D eigenvalue weighted by Crippen LogP contribution is -2.81. The molecule has 5 heteroatoms. The molecule has 1 aromatic heterocycles. The summed E-state index contributed by atoms with van der Waals surface area (Å²) in [7, 11) is 1.71. The molecule has 0 radical (unpaired) electrons. The number of carbonyl (C=O) groups excluding carboxylic acids is 1. The third-order valence-corrected chi connectivity index (χ3v) is 7.35. The van der Waals surface area contributed by atoms with Gasteiger partial charge in [0.1, 0.15) is 0 Å².